The Morgan fingerprint density at radius 2 is 1.45 bits per heavy atom. The molecule has 1 saturated heterocycles. The van der Waals surface area contributed by atoms with E-state index in [0.29, 0.717) is 76.1 Å². The van der Waals surface area contributed by atoms with Crippen LogP contribution in [0, 0.1) is 0 Å². The fourth-order valence-corrected chi connectivity index (χ4v) is 4.63. The number of anilines is 3. The number of benzene rings is 2. The second-order valence-electron chi connectivity index (χ2n) is 9.57. The summed E-state index contributed by atoms with van der Waals surface area (Å²) < 4.78 is 16.8. The number of carbonyl (C=O) groups excluding carboxylic acids is 1. The van der Waals surface area contributed by atoms with Crippen molar-refractivity contribution in [3.63, 3.8) is 0 Å². The molecule has 2 aromatic carbocycles. The van der Waals surface area contributed by atoms with Crippen molar-refractivity contribution in [1.29, 1.82) is 0 Å². The first-order valence-corrected chi connectivity index (χ1v) is 13.9. The van der Waals surface area contributed by atoms with Crippen LogP contribution >= 0.6 is 0 Å². The minimum Gasteiger partial charge on any atom is -0.378 e. The van der Waals surface area contributed by atoms with Crippen molar-refractivity contribution >= 4 is 23.8 Å². The third kappa shape index (κ3) is 7.87. The number of nitrogens with zero attached hydrogens (tertiary/aromatic N) is 5. The SMILES string of the molecule is O=C(NCCOCCOCCNc1nc(N2CCOCC2)nc(N2CCc3ccccc3C2)n1)c1ccccc1. The first-order chi connectivity index (χ1) is 19.8. The molecule has 2 N–H and O–H groups in total. The Hall–Kier alpha value is -3.80. The first-order valence-electron chi connectivity index (χ1n) is 13.9. The van der Waals surface area contributed by atoms with Gasteiger partial charge in [0.2, 0.25) is 17.8 Å². The maximum absolute atomic E-state index is 12.0. The summed E-state index contributed by atoms with van der Waals surface area (Å²) in [7, 11) is 0. The molecule has 0 unspecified atom stereocenters. The molecular formula is C29H37N7O4. The van der Waals surface area contributed by atoms with Gasteiger partial charge in [0.15, 0.2) is 0 Å². The fourth-order valence-electron chi connectivity index (χ4n) is 4.63. The van der Waals surface area contributed by atoms with E-state index < -0.39 is 0 Å². The van der Waals surface area contributed by atoms with Crippen molar-refractivity contribution in [3.05, 3.63) is 71.3 Å². The van der Waals surface area contributed by atoms with E-state index in [0.717, 1.165) is 32.6 Å². The summed E-state index contributed by atoms with van der Waals surface area (Å²) in [5.41, 5.74) is 3.34. The summed E-state index contributed by atoms with van der Waals surface area (Å²) in [6.45, 7) is 7.31. The Kier molecular flexibility index (Phi) is 10.1. The maximum Gasteiger partial charge on any atom is 0.251 e. The van der Waals surface area contributed by atoms with E-state index >= 15 is 0 Å². The largest absolute Gasteiger partial charge is 0.378 e. The molecule has 3 heterocycles. The molecule has 1 aromatic heterocycles. The lowest BCUT2D eigenvalue weighted by atomic mass is 10.0. The van der Waals surface area contributed by atoms with Crippen molar-refractivity contribution in [2.45, 2.75) is 13.0 Å². The van der Waals surface area contributed by atoms with Crippen molar-refractivity contribution in [3.8, 4) is 0 Å². The molecule has 1 amide bonds. The molecule has 0 radical (unpaired) electrons. The monoisotopic (exact) mass is 547 g/mol. The lowest BCUT2D eigenvalue weighted by Crippen LogP contribution is -2.38. The predicted octanol–water partition coefficient (Wildman–Crippen LogP) is 2.15. The average molecular weight is 548 g/mol. The highest BCUT2D eigenvalue weighted by Crippen LogP contribution is 2.24. The van der Waals surface area contributed by atoms with Crippen molar-refractivity contribution in [2.75, 3.05) is 87.5 Å². The minimum atomic E-state index is -0.102. The highest BCUT2D eigenvalue weighted by Gasteiger charge is 2.22. The van der Waals surface area contributed by atoms with Crippen LogP contribution < -0.4 is 20.4 Å². The van der Waals surface area contributed by atoms with E-state index in [1.54, 1.807) is 12.1 Å². The van der Waals surface area contributed by atoms with Gasteiger partial charge in [-0.05, 0) is 29.7 Å². The Balaban J connectivity index is 1.05. The topological polar surface area (TPSA) is 114 Å². The van der Waals surface area contributed by atoms with E-state index in [9.17, 15) is 4.79 Å². The number of carbonyl (C=O) groups is 1. The van der Waals surface area contributed by atoms with Gasteiger partial charge in [0, 0.05) is 44.8 Å². The van der Waals surface area contributed by atoms with Gasteiger partial charge >= 0.3 is 0 Å². The van der Waals surface area contributed by atoms with Gasteiger partial charge < -0.3 is 34.6 Å². The summed E-state index contributed by atoms with van der Waals surface area (Å²) in [4.78, 5) is 30.7. The third-order valence-electron chi connectivity index (χ3n) is 6.79. The van der Waals surface area contributed by atoms with Gasteiger partial charge in [-0.3, -0.25) is 4.79 Å². The fraction of sp³-hybridized carbons (Fsp3) is 0.448. The number of nitrogens with one attached hydrogen (secondary N) is 2. The lowest BCUT2D eigenvalue weighted by Gasteiger charge is -2.31. The normalized spacial score (nSPS) is 15.0. The summed E-state index contributed by atoms with van der Waals surface area (Å²) >= 11 is 0. The Bertz CT molecular complexity index is 1220. The van der Waals surface area contributed by atoms with Crippen LogP contribution in [0.25, 0.3) is 0 Å². The van der Waals surface area contributed by atoms with Crippen LogP contribution in [-0.2, 0) is 27.2 Å². The van der Waals surface area contributed by atoms with Crippen LogP contribution in [0.1, 0.15) is 21.5 Å². The van der Waals surface area contributed by atoms with Crippen LogP contribution in [0.3, 0.4) is 0 Å². The van der Waals surface area contributed by atoms with Gasteiger partial charge in [0.1, 0.15) is 0 Å². The molecule has 2 aliphatic rings. The molecule has 5 rings (SSSR count). The number of rotatable bonds is 13. The molecule has 11 heteroatoms. The molecule has 0 bridgehead atoms. The predicted molar refractivity (Wildman–Crippen MR) is 153 cm³/mol. The van der Waals surface area contributed by atoms with Crippen molar-refractivity contribution < 1.29 is 19.0 Å². The first kappa shape index (κ1) is 27.8. The van der Waals surface area contributed by atoms with E-state index in [-0.39, 0.29) is 5.91 Å². The molecule has 0 atom stereocenters. The van der Waals surface area contributed by atoms with E-state index in [4.69, 9.17) is 29.2 Å². The molecule has 0 spiro atoms. The van der Waals surface area contributed by atoms with Crippen LogP contribution in [0.4, 0.5) is 17.8 Å². The number of hydrogen-bond acceptors (Lipinski definition) is 10. The van der Waals surface area contributed by atoms with Crippen LogP contribution in [0.15, 0.2) is 54.6 Å². The van der Waals surface area contributed by atoms with Crippen molar-refractivity contribution in [2.24, 2.45) is 0 Å². The molecule has 0 aliphatic carbocycles. The molecule has 1 fully saturated rings. The summed E-state index contributed by atoms with van der Waals surface area (Å²) in [5.74, 6) is 1.79. The van der Waals surface area contributed by atoms with E-state index in [1.165, 1.54) is 11.1 Å². The number of hydrogen-bond donors (Lipinski definition) is 2. The zero-order chi connectivity index (χ0) is 27.4. The number of amides is 1. The maximum atomic E-state index is 12.0. The van der Waals surface area contributed by atoms with Gasteiger partial charge in [-0.15, -0.1) is 0 Å². The molecule has 0 saturated carbocycles. The van der Waals surface area contributed by atoms with Gasteiger partial charge in [0.25, 0.3) is 5.91 Å². The van der Waals surface area contributed by atoms with Crippen LogP contribution in [0.5, 0.6) is 0 Å². The highest BCUT2D eigenvalue weighted by atomic mass is 16.5. The van der Waals surface area contributed by atoms with Gasteiger partial charge in [-0.2, -0.15) is 15.0 Å². The number of fused-ring (bicyclic) bond motifs is 1. The Morgan fingerprint density at radius 3 is 2.23 bits per heavy atom. The zero-order valence-corrected chi connectivity index (χ0v) is 22.8. The summed E-state index contributed by atoms with van der Waals surface area (Å²) in [6.07, 6.45) is 0.965. The number of ether oxygens (including phenoxy) is 3. The van der Waals surface area contributed by atoms with Crippen LogP contribution in [0.2, 0.25) is 0 Å². The van der Waals surface area contributed by atoms with Gasteiger partial charge in [-0.25, -0.2) is 0 Å². The quantitative estimate of drug-likeness (QED) is 0.309. The van der Waals surface area contributed by atoms with Crippen molar-refractivity contribution in [1.82, 2.24) is 20.3 Å². The molecule has 40 heavy (non-hydrogen) atoms. The standard InChI is InChI=1S/C29H37N7O4/c37-26(24-7-2-1-3-8-24)30-11-16-38-20-21-39-17-12-31-27-32-28(35-14-18-40-19-15-35)34-29(33-27)36-13-10-23-6-4-5-9-25(23)22-36/h1-9H,10-22H2,(H,30,37)(H,31,32,33,34). The minimum absolute atomic E-state index is 0.102. The summed E-state index contributed by atoms with van der Waals surface area (Å²) in [6, 6.07) is 17.7. The van der Waals surface area contributed by atoms with Gasteiger partial charge in [0.05, 0.1) is 39.6 Å². The average Bonchev–Trinajstić information content (AvgIpc) is 3.02. The second kappa shape index (κ2) is 14.5. The smallest absolute Gasteiger partial charge is 0.251 e. The number of aromatic nitrogens is 3. The summed E-state index contributed by atoms with van der Waals surface area (Å²) in [5, 5.41) is 6.14. The Morgan fingerprint density at radius 1 is 0.775 bits per heavy atom. The molecule has 11 nitrogen and oxygen atoms in total. The number of morpholine rings is 1. The van der Waals surface area contributed by atoms with Gasteiger partial charge in [-0.1, -0.05) is 42.5 Å². The molecular weight excluding hydrogens is 510 g/mol. The second-order valence-corrected chi connectivity index (χ2v) is 9.57. The lowest BCUT2D eigenvalue weighted by molar-refractivity contribution is 0.0519. The third-order valence-corrected chi connectivity index (χ3v) is 6.79. The van der Waals surface area contributed by atoms with E-state index in [1.807, 2.05) is 18.2 Å². The Labute approximate surface area is 234 Å². The highest BCUT2D eigenvalue weighted by molar-refractivity contribution is 5.94. The van der Waals surface area contributed by atoms with Crippen LogP contribution in [-0.4, -0.2) is 93.2 Å². The molecule has 3 aromatic rings. The molecule has 2 aliphatic heterocycles. The zero-order valence-electron chi connectivity index (χ0n) is 22.8. The molecule has 212 valence electrons. The van der Waals surface area contributed by atoms with E-state index in [2.05, 4.69) is 44.7 Å².